The Morgan fingerprint density at radius 1 is 1.07 bits per heavy atom. The Labute approximate surface area is 168 Å². The van der Waals surface area contributed by atoms with Crippen LogP contribution < -0.4 is 11.1 Å². The second-order valence-electron chi connectivity index (χ2n) is 8.24. The molecule has 3 N–H and O–H groups in total. The molecule has 0 radical (unpaired) electrons. The molecule has 28 heavy (non-hydrogen) atoms. The van der Waals surface area contributed by atoms with Crippen molar-refractivity contribution in [2.75, 3.05) is 11.9 Å². The number of benzene rings is 1. The van der Waals surface area contributed by atoms with Gasteiger partial charge in [0, 0.05) is 5.69 Å². The van der Waals surface area contributed by atoms with E-state index in [1.807, 2.05) is 13.8 Å². The molecule has 5 atom stereocenters. The molecule has 1 aromatic carbocycles. The molecule has 9 heteroatoms. The van der Waals surface area contributed by atoms with Crippen molar-refractivity contribution in [1.82, 2.24) is 0 Å². The van der Waals surface area contributed by atoms with Gasteiger partial charge in [-0.3, -0.25) is 0 Å². The predicted molar refractivity (Wildman–Crippen MR) is 103 cm³/mol. The first-order valence-corrected chi connectivity index (χ1v) is 9.60. The highest BCUT2D eigenvalue weighted by molar-refractivity contribution is 7.80. The summed E-state index contributed by atoms with van der Waals surface area (Å²) >= 11 is 5.67. The number of rotatable bonds is 3. The van der Waals surface area contributed by atoms with E-state index < -0.39 is 41.7 Å². The van der Waals surface area contributed by atoms with Gasteiger partial charge in [-0.05, 0) is 52.0 Å². The quantitative estimate of drug-likeness (QED) is 0.732. The summed E-state index contributed by atoms with van der Waals surface area (Å²) in [7, 11) is 0. The maximum atomic E-state index is 13.2. The first kappa shape index (κ1) is 20.1. The Morgan fingerprint density at radius 3 is 2.36 bits per heavy atom. The summed E-state index contributed by atoms with van der Waals surface area (Å²) in [5.41, 5.74) is 6.23. The Balaban J connectivity index is 1.63. The van der Waals surface area contributed by atoms with Gasteiger partial charge in [0.15, 0.2) is 17.9 Å². The van der Waals surface area contributed by atoms with Crippen molar-refractivity contribution in [3.8, 4) is 0 Å². The molecule has 154 valence electrons. The number of hydrogen-bond acceptors (Lipinski definition) is 7. The van der Waals surface area contributed by atoms with E-state index in [1.54, 1.807) is 26.0 Å². The third-order valence-electron chi connectivity index (χ3n) is 5.14. The number of fused-ring (bicyclic) bond motifs is 1. The monoisotopic (exact) mass is 412 g/mol. The number of nitrogens with two attached hydrogens (primary N) is 1. The van der Waals surface area contributed by atoms with Gasteiger partial charge in [0.05, 0.1) is 6.61 Å². The van der Waals surface area contributed by atoms with E-state index in [2.05, 4.69) is 5.32 Å². The summed E-state index contributed by atoms with van der Waals surface area (Å²) in [5.74, 6) is -1.95. The molecular weight excluding hydrogens is 387 g/mol. The molecule has 0 amide bonds. The Morgan fingerprint density at radius 2 is 1.75 bits per heavy atom. The summed E-state index contributed by atoms with van der Waals surface area (Å²) in [6.07, 6.45) is -2.43. The van der Waals surface area contributed by atoms with Crippen LogP contribution >= 0.6 is 12.2 Å². The lowest BCUT2D eigenvalue weighted by molar-refractivity contribution is -0.225. The van der Waals surface area contributed by atoms with Crippen molar-refractivity contribution < 1.29 is 28.1 Å². The second-order valence-corrected chi connectivity index (χ2v) is 8.65. The van der Waals surface area contributed by atoms with Gasteiger partial charge in [-0.1, -0.05) is 12.2 Å². The average molecular weight is 412 g/mol. The molecule has 0 aromatic heterocycles. The molecule has 4 rings (SSSR count). The fourth-order valence-corrected chi connectivity index (χ4v) is 4.21. The van der Waals surface area contributed by atoms with Gasteiger partial charge in [-0.2, -0.15) is 0 Å². The predicted octanol–water partition coefficient (Wildman–Crippen LogP) is 2.29. The van der Waals surface area contributed by atoms with E-state index >= 15 is 0 Å². The lowest BCUT2D eigenvalue weighted by Gasteiger charge is -2.37. The fraction of sp³-hybridized carbons (Fsp3) is 0.632. The zero-order valence-electron chi connectivity index (χ0n) is 16.2. The molecule has 0 saturated carbocycles. The van der Waals surface area contributed by atoms with Crippen molar-refractivity contribution >= 4 is 22.9 Å². The molecule has 0 spiro atoms. The summed E-state index contributed by atoms with van der Waals surface area (Å²) in [5, 5.41) is 3.09. The van der Waals surface area contributed by atoms with E-state index in [9.17, 15) is 4.39 Å². The summed E-state index contributed by atoms with van der Waals surface area (Å²) in [4.78, 5) is 0.297. The van der Waals surface area contributed by atoms with Crippen LogP contribution in [0.25, 0.3) is 0 Å². The van der Waals surface area contributed by atoms with Gasteiger partial charge in [-0.15, -0.1) is 0 Å². The largest absolute Gasteiger partial charge is 0.348 e. The van der Waals surface area contributed by atoms with E-state index in [0.29, 0.717) is 17.3 Å². The zero-order chi connectivity index (χ0) is 20.3. The minimum absolute atomic E-state index is 0.297. The summed E-state index contributed by atoms with van der Waals surface area (Å²) < 4.78 is 43.0. The third-order valence-corrected chi connectivity index (χ3v) is 5.60. The number of ether oxygens (including phenoxy) is 5. The Bertz CT molecular complexity index is 774. The topological polar surface area (TPSA) is 84.2 Å². The van der Waals surface area contributed by atoms with Crippen molar-refractivity contribution in [2.24, 2.45) is 5.73 Å². The van der Waals surface area contributed by atoms with Gasteiger partial charge in [0.1, 0.15) is 34.7 Å². The molecule has 3 saturated heterocycles. The van der Waals surface area contributed by atoms with Crippen molar-refractivity contribution in [1.29, 1.82) is 0 Å². The minimum atomic E-state index is -1.24. The van der Waals surface area contributed by atoms with Crippen molar-refractivity contribution in [2.45, 2.75) is 69.4 Å². The highest BCUT2D eigenvalue weighted by Gasteiger charge is 2.66. The molecule has 3 aliphatic rings. The maximum Gasteiger partial charge on any atom is 0.190 e. The van der Waals surface area contributed by atoms with E-state index in [1.165, 1.54) is 12.1 Å². The van der Waals surface area contributed by atoms with Crippen LogP contribution in [-0.2, 0) is 23.7 Å². The van der Waals surface area contributed by atoms with Gasteiger partial charge < -0.3 is 34.7 Å². The lowest BCUT2D eigenvalue weighted by atomic mass is 9.86. The maximum absolute atomic E-state index is 13.2. The van der Waals surface area contributed by atoms with E-state index in [-0.39, 0.29) is 5.82 Å². The molecule has 0 unspecified atom stereocenters. The normalized spacial score (nSPS) is 38.4. The van der Waals surface area contributed by atoms with Gasteiger partial charge in [-0.25, -0.2) is 4.39 Å². The molecule has 0 bridgehead atoms. The number of nitrogens with one attached hydrogen (secondary N) is 1. The van der Waals surface area contributed by atoms with Crippen LogP contribution in [0.3, 0.4) is 0 Å². The molecule has 3 aliphatic heterocycles. The number of thiocarbonyl (C=S) groups is 1. The molecule has 1 aromatic rings. The summed E-state index contributed by atoms with van der Waals surface area (Å²) in [6, 6.07) is 5.85. The van der Waals surface area contributed by atoms with Gasteiger partial charge >= 0.3 is 0 Å². The minimum Gasteiger partial charge on any atom is -0.348 e. The standard InChI is InChI=1S/C19H25FN2O5S/c1-17(2)23-9-12(25-17)13-19(21,14-15(24-13)27-18(3,4)26-14)16(28)22-11-7-5-10(20)6-8-11/h5-8,12-15H,9,21H2,1-4H3,(H,22,28)/t12-,13-,14+,15-,19-/m1/s1. The van der Waals surface area contributed by atoms with Crippen LogP contribution in [-0.4, -0.2) is 53.3 Å². The van der Waals surface area contributed by atoms with Crippen LogP contribution in [0.2, 0.25) is 0 Å². The zero-order valence-corrected chi connectivity index (χ0v) is 17.0. The van der Waals surface area contributed by atoms with Crippen LogP contribution in [0.5, 0.6) is 0 Å². The molecular formula is C19H25FN2O5S. The lowest BCUT2D eigenvalue weighted by Crippen LogP contribution is -2.66. The second kappa shape index (κ2) is 6.66. The molecule has 0 aliphatic carbocycles. The highest BCUT2D eigenvalue weighted by Crippen LogP contribution is 2.45. The Kier molecular flexibility index (Phi) is 4.78. The fourth-order valence-electron chi connectivity index (χ4n) is 3.86. The molecule has 3 fully saturated rings. The number of hydrogen-bond donors (Lipinski definition) is 2. The van der Waals surface area contributed by atoms with Crippen LogP contribution in [0, 0.1) is 5.82 Å². The van der Waals surface area contributed by atoms with Crippen LogP contribution in [0.4, 0.5) is 10.1 Å². The van der Waals surface area contributed by atoms with Crippen molar-refractivity contribution in [3.63, 3.8) is 0 Å². The highest BCUT2D eigenvalue weighted by atomic mass is 32.1. The Hall–Kier alpha value is -1.20. The van der Waals surface area contributed by atoms with Crippen molar-refractivity contribution in [3.05, 3.63) is 30.1 Å². The average Bonchev–Trinajstić information content (AvgIpc) is 3.20. The number of halogens is 1. The smallest absolute Gasteiger partial charge is 0.190 e. The van der Waals surface area contributed by atoms with Crippen LogP contribution in [0.1, 0.15) is 27.7 Å². The van der Waals surface area contributed by atoms with Crippen LogP contribution in [0.15, 0.2) is 24.3 Å². The first-order valence-electron chi connectivity index (χ1n) is 9.19. The molecule has 7 nitrogen and oxygen atoms in total. The van der Waals surface area contributed by atoms with E-state index in [0.717, 1.165) is 0 Å². The number of anilines is 1. The third kappa shape index (κ3) is 3.45. The first-order chi connectivity index (χ1) is 13.0. The summed E-state index contributed by atoms with van der Waals surface area (Å²) in [6.45, 7) is 7.54. The van der Waals surface area contributed by atoms with Gasteiger partial charge in [0.2, 0.25) is 0 Å². The van der Waals surface area contributed by atoms with Gasteiger partial charge in [0.25, 0.3) is 0 Å². The SMILES string of the molecule is CC1(C)OC[C@H]([C@H]2O[C@@H]3OC(C)(C)O[C@@H]3[C@@]2(N)C(=S)Nc2ccc(F)cc2)O1. The van der Waals surface area contributed by atoms with E-state index in [4.69, 9.17) is 41.6 Å². The molecule has 3 heterocycles.